The van der Waals surface area contributed by atoms with Crippen molar-refractivity contribution in [3.8, 4) is 11.6 Å². The normalized spacial score (nSPS) is 10.6. The van der Waals surface area contributed by atoms with E-state index in [9.17, 15) is 9.18 Å². The van der Waals surface area contributed by atoms with E-state index >= 15 is 0 Å². The van der Waals surface area contributed by atoms with E-state index < -0.39 is 0 Å². The fraction of sp³-hybridized carbons (Fsp3) is 0.211. The Labute approximate surface area is 150 Å². The Bertz CT molecular complexity index is 918. The number of rotatable bonds is 5. The lowest BCUT2D eigenvalue weighted by Gasteiger charge is -2.07. The highest BCUT2D eigenvalue weighted by molar-refractivity contribution is 5.92. The molecule has 2 aromatic heterocycles. The van der Waals surface area contributed by atoms with Gasteiger partial charge in [-0.15, -0.1) is 0 Å². The summed E-state index contributed by atoms with van der Waals surface area (Å²) in [5.74, 6) is 0.368. The summed E-state index contributed by atoms with van der Waals surface area (Å²) in [5.41, 5.74) is 3.31. The molecule has 0 bridgehead atoms. The molecule has 0 atom stereocenters. The second-order valence-corrected chi connectivity index (χ2v) is 5.94. The van der Waals surface area contributed by atoms with Crippen molar-refractivity contribution in [3.63, 3.8) is 0 Å². The Balaban J connectivity index is 1.61. The van der Waals surface area contributed by atoms with Crippen LogP contribution in [-0.2, 0) is 18.3 Å². The highest BCUT2D eigenvalue weighted by Gasteiger charge is 2.13. The van der Waals surface area contributed by atoms with Gasteiger partial charge in [0, 0.05) is 24.4 Å². The first-order chi connectivity index (χ1) is 12.4. The van der Waals surface area contributed by atoms with Gasteiger partial charge in [-0.25, -0.2) is 9.37 Å². The number of pyridine rings is 1. The number of halogens is 1. The van der Waals surface area contributed by atoms with Crippen LogP contribution in [0.25, 0.3) is 0 Å². The van der Waals surface area contributed by atoms with E-state index in [4.69, 9.17) is 4.74 Å². The standard InChI is InChI=1S/C19H19FN4O2/c1-12-17(13(2)24(3)23-12)10-18(25)22-15-6-9-19(21-11-15)26-16-7-4-14(20)5-8-16/h4-9,11H,10H2,1-3H3,(H,22,25). The predicted octanol–water partition coefficient (Wildman–Crippen LogP) is 3.54. The highest BCUT2D eigenvalue weighted by atomic mass is 19.1. The summed E-state index contributed by atoms with van der Waals surface area (Å²) in [6.07, 6.45) is 1.76. The maximum Gasteiger partial charge on any atom is 0.228 e. The molecule has 0 aliphatic rings. The summed E-state index contributed by atoms with van der Waals surface area (Å²) in [4.78, 5) is 16.4. The number of benzene rings is 1. The van der Waals surface area contributed by atoms with E-state index in [0.29, 0.717) is 17.3 Å². The molecule has 0 spiro atoms. The van der Waals surface area contributed by atoms with Crippen LogP contribution in [-0.4, -0.2) is 20.7 Å². The minimum Gasteiger partial charge on any atom is -0.439 e. The van der Waals surface area contributed by atoms with Crippen LogP contribution in [0.15, 0.2) is 42.6 Å². The van der Waals surface area contributed by atoms with E-state index in [2.05, 4.69) is 15.4 Å². The Hall–Kier alpha value is -3.22. The van der Waals surface area contributed by atoms with E-state index in [1.807, 2.05) is 20.9 Å². The van der Waals surface area contributed by atoms with Crippen LogP contribution in [0.4, 0.5) is 10.1 Å². The van der Waals surface area contributed by atoms with E-state index in [-0.39, 0.29) is 18.1 Å². The van der Waals surface area contributed by atoms with Crippen LogP contribution in [0.5, 0.6) is 11.6 Å². The monoisotopic (exact) mass is 354 g/mol. The molecule has 0 aliphatic heterocycles. The van der Waals surface area contributed by atoms with Gasteiger partial charge in [-0.2, -0.15) is 5.10 Å². The second-order valence-electron chi connectivity index (χ2n) is 5.94. The summed E-state index contributed by atoms with van der Waals surface area (Å²) >= 11 is 0. The van der Waals surface area contributed by atoms with Gasteiger partial charge in [0.25, 0.3) is 0 Å². The summed E-state index contributed by atoms with van der Waals surface area (Å²) < 4.78 is 20.2. The average molecular weight is 354 g/mol. The lowest BCUT2D eigenvalue weighted by atomic mass is 10.1. The topological polar surface area (TPSA) is 69.0 Å². The van der Waals surface area contributed by atoms with Crippen molar-refractivity contribution in [2.75, 3.05) is 5.32 Å². The third-order valence-corrected chi connectivity index (χ3v) is 4.05. The van der Waals surface area contributed by atoms with Gasteiger partial charge in [-0.05, 0) is 44.2 Å². The van der Waals surface area contributed by atoms with Crippen molar-refractivity contribution < 1.29 is 13.9 Å². The zero-order chi connectivity index (χ0) is 18.7. The molecule has 0 radical (unpaired) electrons. The molecule has 3 aromatic rings. The van der Waals surface area contributed by atoms with Crippen molar-refractivity contribution in [1.29, 1.82) is 0 Å². The Morgan fingerprint density at radius 1 is 1.19 bits per heavy atom. The molecule has 0 unspecified atom stereocenters. The van der Waals surface area contributed by atoms with Gasteiger partial charge in [0.2, 0.25) is 11.8 Å². The number of hydrogen-bond acceptors (Lipinski definition) is 4. The summed E-state index contributed by atoms with van der Waals surface area (Å²) in [7, 11) is 1.85. The van der Waals surface area contributed by atoms with Gasteiger partial charge in [0.05, 0.1) is 24.0 Å². The van der Waals surface area contributed by atoms with E-state index in [0.717, 1.165) is 17.0 Å². The van der Waals surface area contributed by atoms with Crippen LogP contribution >= 0.6 is 0 Å². The van der Waals surface area contributed by atoms with Crippen molar-refractivity contribution >= 4 is 11.6 Å². The third kappa shape index (κ3) is 4.05. The molecule has 1 aromatic carbocycles. The van der Waals surface area contributed by atoms with Gasteiger partial charge in [-0.1, -0.05) is 0 Å². The van der Waals surface area contributed by atoms with Crippen LogP contribution in [0.2, 0.25) is 0 Å². The maximum absolute atomic E-state index is 12.9. The third-order valence-electron chi connectivity index (χ3n) is 4.05. The summed E-state index contributed by atoms with van der Waals surface area (Å²) in [5, 5.41) is 7.12. The van der Waals surface area contributed by atoms with E-state index in [1.54, 1.807) is 16.8 Å². The van der Waals surface area contributed by atoms with E-state index in [1.165, 1.54) is 30.5 Å². The minimum absolute atomic E-state index is 0.141. The second kappa shape index (κ2) is 7.35. The number of anilines is 1. The molecule has 1 N–H and O–H groups in total. The zero-order valence-corrected chi connectivity index (χ0v) is 14.8. The molecule has 0 fully saturated rings. The Morgan fingerprint density at radius 2 is 1.92 bits per heavy atom. The highest BCUT2D eigenvalue weighted by Crippen LogP contribution is 2.21. The molecule has 26 heavy (non-hydrogen) atoms. The van der Waals surface area contributed by atoms with Crippen LogP contribution in [0.1, 0.15) is 17.0 Å². The van der Waals surface area contributed by atoms with Gasteiger partial charge in [0.1, 0.15) is 11.6 Å². The van der Waals surface area contributed by atoms with Gasteiger partial charge in [-0.3, -0.25) is 9.48 Å². The molecule has 6 nitrogen and oxygen atoms in total. The van der Waals surface area contributed by atoms with Crippen molar-refractivity contribution in [3.05, 3.63) is 65.4 Å². The SMILES string of the molecule is Cc1nn(C)c(C)c1CC(=O)Nc1ccc(Oc2ccc(F)cc2)nc1. The molecule has 0 saturated carbocycles. The number of carbonyl (C=O) groups excluding carboxylic acids is 1. The molecule has 2 heterocycles. The fourth-order valence-corrected chi connectivity index (χ4v) is 2.58. The van der Waals surface area contributed by atoms with Gasteiger partial charge >= 0.3 is 0 Å². The quantitative estimate of drug-likeness (QED) is 0.761. The largest absolute Gasteiger partial charge is 0.439 e. The minimum atomic E-state index is -0.331. The number of carbonyl (C=O) groups is 1. The van der Waals surface area contributed by atoms with Crippen LogP contribution in [0, 0.1) is 19.7 Å². The number of amides is 1. The van der Waals surface area contributed by atoms with Crippen molar-refractivity contribution in [2.24, 2.45) is 7.05 Å². The number of hydrogen-bond donors (Lipinski definition) is 1. The molecule has 7 heteroatoms. The van der Waals surface area contributed by atoms with Crippen LogP contribution < -0.4 is 10.1 Å². The first-order valence-corrected chi connectivity index (χ1v) is 8.11. The number of nitrogens with zero attached hydrogens (tertiary/aromatic N) is 3. The van der Waals surface area contributed by atoms with Gasteiger partial charge in [0.15, 0.2) is 0 Å². The molecule has 1 amide bonds. The van der Waals surface area contributed by atoms with Gasteiger partial charge < -0.3 is 10.1 Å². The molecule has 3 rings (SSSR count). The average Bonchev–Trinajstić information content (AvgIpc) is 2.85. The van der Waals surface area contributed by atoms with Crippen molar-refractivity contribution in [1.82, 2.24) is 14.8 Å². The Kier molecular flexibility index (Phi) is 4.97. The van der Waals surface area contributed by atoms with Crippen LogP contribution in [0.3, 0.4) is 0 Å². The summed E-state index contributed by atoms with van der Waals surface area (Å²) in [6, 6.07) is 9.00. The smallest absolute Gasteiger partial charge is 0.228 e. The van der Waals surface area contributed by atoms with Crippen molar-refractivity contribution in [2.45, 2.75) is 20.3 Å². The number of aromatic nitrogens is 3. The fourth-order valence-electron chi connectivity index (χ4n) is 2.58. The number of nitrogens with one attached hydrogen (secondary N) is 1. The predicted molar refractivity (Wildman–Crippen MR) is 95.7 cm³/mol. The lowest BCUT2D eigenvalue weighted by molar-refractivity contribution is -0.115. The first-order valence-electron chi connectivity index (χ1n) is 8.11. The molecular formula is C19H19FN4O2. The summed E-state index contributed by atoms with van der Waals surface area (Å²) in [6.45, 7) is 3.82. The number of aryl methyl sites for hydroxylation is 2. The lowest BCUT2D eigenvalue weighted by Crippen LogP contribution is -2.15. The first kappa shape index (κ1) is 17.6. The molecule has 0 saturated heterocycles. The zero-order valence-electron chi connectivity index (χ0n) is 14.8. The molecular weight excluding hydrogens is 335 g/mol. The maximum atomic E-state index is 12.9. The Morgan fingerprint density at radius 3 is 2.50 bits per heavy atom. The number of ether oxygens (including phenoxy) is 1. The molecule has 134 valence electrons. The molecule has 0 aliphatic carbocycles.